The molecule has 0 spiro atoms. The lowest BCUT2D eigenvalue weighted by atomic mass is 10.1. The van der Waals surface area contributed by atoms with Crippen molar-refractivity contribution in [1.82, 2.24) is 19.5 Å². The third-order valence-electron chi connectivity index (χ3n) is 7.10. The van der Waals surface area contributed by atoms with E-state index in [0.29, 0.717) is 25.9 Å². The average molecular weight is 732 g/mol. The molecule has 1 amide bonds. The summed E-state index contributed by atoms with van der Waals surface area (Å²) < 4.78 is 51.1. The summed E-state index contributed by atoms with van der Waals surface area (Å²) >= 11 is 0. The molecule has 0 aliphatic carbocycles. The number of benzene rings is 1. The van der Waals surface area contributed by atoms with Gasteiger partial charge in [-0.05, 0) is 72.9 Å². The zero-order valence-electron chi connectivity index (χ0n) is 30.6. The first kappa shape index (κ1) is 38.6. The van der Waals surface area contributed by atoms with E-state index in [2.05, 4.69) is 41.2 Å². The van der Waals surface area contributed by atoms with Crippen LogP contribution < -0.4 is 16.6 Å². The molecule has 5 unspecified atom stereocenters. The summed E-state index contributed by atoms with van der Waals surface area (Å²) in [5, 5.41) is 6.21. The lowest BCUT2D eigenvalue weighted by Crippen LogP contribution is -2.38. The van der Waals surface area contributed by atoms with Crippen molar-refractivity contribution >= 4 is 36.0 Å². The van der Waals surface area contributed by atoms with E-state index < -0.39 is 44.4 Å². The van der Waals surface area contributed by atoms with Gasteiger partial charge in [0.25, 0.3) is 14.1 Å². The summed E-state index contributed by atoms with van der Waals surface area (Å²) in [6, 6.07) is 9.18. The molecule has 2 aromatic rings. The first-order valence-corrected chi connectivity index (χ1v) is 18.9. The molecule has 1 aromatic carbocycles. The lowest BCUT2D eigenvalue weighted by molar-refractivity contribution is -0.121. The Kier molecular flexibility index (Phi) is 16.4. The van der Waals surface area contributed by atoms with E-state index in [1.807, 2.05) is 50.6 Å². The Bertz CT molecular complexity index is 1490. The number of nitrogens with zero attached hydrogens (tertiary/aromatic N) is 2. The molecule has 11 nitrogen and oxygen atoms in total. The fourth-order valence-corrected chi connectivity index (χ4v) is 9.14. The van der Waals surface area contributed by atoms with Gasteiger partial charge in [-0.2, -0.15) is 0 Å². The van der Waals surface area contributed by atoms with E-state index >= 15 is 4.39 Å². The highest BCUT2D eigenvalue weighted by atomic mass is 33.1. The second-order valence-corrected chi connectivity index (χ2v) is 16.3. The smallest absolute Gasteiger partial charge is 0.330 e. The summed E-state index contributed by atoms with van der Waals surface area (Å²) in [5.74, 6) is 2.35. The molecule has 2 heterocycles. The van der Waals surface area contributed by atoms with E-state index in [0.717, 1.165) is 21.1 Å². The van der Waals surface area contributed by atoms with Crippen LogP contribution in [0.1, 0.15) is 74.4 Å². The largest absolute Gasteiger partial charge is 0.400 e. The molecular weight excluding hydrogens is 678 g/mol. The lowest BCUT2D eigenvalue weighted by Gasteiger charge is -2.37. The number of rotatable bonds is 17. The summed E-state index contributed by atoms with van der Waals surface area (Å²) in [4.78, 5) is 39.2. The number of aliphatic hydroxyl groups excluding tert-OH is 1. The number of ether oxygens (including phenoxy) is 1. The first-order chi connectivity index (χ1) is 23.7. The standard InChI is InChI=1S/C32H46FN4O6PS2.CH4O/c1-9-18-34-26(38)14-17-32(7,8)46-45-25-13-11-10-12-24(25)16-20-41-44(37(21(2)3)22(4)5)43-29-23(6)42-30(28(29)33)36-19-15-27(39)35-31(36)40;1-2/h1,10-13,15,19,21-23,28-30H,14,16-18,20H2,2-8H3,(H,34,38)(H,35,39,40);2H,1H3/i6D;2T. The highest BCUT2D eigenvalue weighted by molar-refractivity contribution is 8.77. The van der Waals surface area contributed by atoms with Crippen LogP contribution in [0.25, 0.3) is 0 Å². The third kappa shape index (κ3) is 12.6. The molecule has 15 heteroatoms. The van der Waals surface area contributed by atoms with E-state index in [9.17, 15) is 14.4 Å². The third-order valence-corrected chi connectivity index (χ3v) is 12.7. The summed E-state index contributed by atoms with van der Waals surface area (Å²) in [6.45, 7) is 12.5. The predicted molar refractivity (Wildman–Crippen MR) is 193 cm³/mol. The monoisotopic (exact) mass is 731 g/mol. The molecule has 1 fully saturated rings. The number of aromatic nitrogens is 2. The molecule has 3 N–H and O–H groups in total. The van der Waals surface area contributed by atoms with Gasteiger partial charge in [-0.15, -0.1) is 6.42 Å². The minimum Gasteiger partial charge on any atom is -0.400 e. The molecule has 48 heavy (non-hydrogen) atoms. The van der Waals surface area contributed by atoms with Gasteiger partial charge in [0.2, 0.25) is 7.34 Å². The van der Waals surface area contributed by atoms with Gasteiger partial charge in [-0.25, -0.2) is 13.9 Å². The number of alkyl halides is 1. The number of carbonyl (C=O) groups excluding carboxylic acids is 1. The Morgan fingerprint density at radius 2 is 2.02 bits per heavy atom. The van der Waals surface area contributed by atoms with E-state index in [-0.39, 0.29) is 36.2 Å². The summed E-state index contributed by atoms with van der Waals surface area (Å²) in [7, 11) is 2.84. The molecule has 1 aliphatic rings. The second kappa shape index (κ2) is 20.5. The highest BCUT2D eigenvalue weighted by Gasteiger charge is 2.48. The number of halogens is 1. The van der Waals surface area contributed by atoms with Crippen LogP contribution >= 0.6 is 30.1 Å². The fraction of sp³-hybridized carbons (Fsp3) is 0.606. The van der Waals surface area contributed by atoms with Crippen LogP contribution in [0.3, 0.4) is 0 Å². The van der Waals surface area contributed by atoms with Gasteiger partial charge in [0.15, 0.2) is 12.4 Å². The number of hydrogen-bond donors (Lipinski definition) is 3. The van der Waals surface area contributed by atoms with Crippen molar-refractivity contribution in [2.24, 2.45) is 0 Å². The maximum absolute atomic E-state index is 16.0. The van der Waals surface area contributed by atoms with E-state index in [1.165, 1.54) is 13.3 Å². The molecule has 1 aliphatic heterocycles. The van der Waals surface area contributed by atoms with E-state index in [4.69, 9.17) is 23.0 Å². The fourth-order valence-electron chi connectivity index (χ4n) is 4.78. The molecule has 1 saturated heterocycles. The van der Waals surface area contributed by atoms with Crippen molar-refractivity contribution in [3.8, 4) is 12.3 Å². The maximum Gasteiger partial charge on any atom is 0.330 e. The number of nitrogens with one attached hydrogen (secondary N) is 2. The quantitative estimate of drug-likeness (QED) is 0.110. The highest BCUT2D eigenvalue weighted by Crippen LogP contribution is 2.50. The summed E-state index contributed by atoms with van der Waals surface area (Å²) in [6.07, 6.45) is 2.79. The van der Waals surface area contributed by atoms with Gasteiger partial charge in [-0.1, -0.05) is 45.7 Å². The van der Waals surface area contributed by atoms with Crippen LogP contribution in [-0.2, 0) is 25.0 Å². The molecule has 5 atom stereocenters. The number of carbonyl (C=O) groups is 1. The normalized spacial score (nSPS) is 20.5. The zero-order valence-corrected chi connectivity index (χ0v) is 31.2. The zero-order chi connectivity index (χ0) is 37.4. The predicted octanol–water partition coefficient (Wildman–Crippen LogP) is 5.44. The van der Waals surface area contributed by atoms with Crippen LogP contribution in [0, 0.1) is 12.3 Å². The van der Waals surface area contributed by atoms with Crippen molar-refractivity contribution in [3.63, 3.8) is 0 Å². The Balaban J connectivity index is 0.00000278. The van der Waals surface area contributed by atoms with Crippen molar-refractivity contribution < 1.29 is 29.4 Å². The van der Waals surface area contributed by atoms with Gasteiger partial charge in [0.05, 0.1) is 19.3 Å². The summed E-state index contributed by atoms with van der Waals surface area (Å²) in [5.41, 5.74) is -0.325. The van der Waals surface area contributed by atoms with Crippen molar-refractivity contribution in [2.45, 2.75) is 114 Å². The van der Waals surface area contributed by atoms with Gasteiger partial charge in [0, 0.05) is 48.9 Å². The van der Waals surface area contributed by atoms with Crippen molar-refractivity contribution in [2.75, 3.05) is 20.3 Å². The van der Waals surface area contributed by atoms with Crippen molar-refractivity contribution in [3.05, 3.63) is 62.9 Å². The average Bonchev–Trinajstić information content (AvgIpc) is 3.36. The Labute approximate surface area is 295 Å². The SMILES string of the molecule is [2H]CC1OC(n2ccc(=O)[nH]c2=O)C(F)C1OP(OCCc1ccccc1SSC(C)(C)CCC(=O)NCC#C)N(C(C)C)C(C)C.[3H]OC. The number of aliphatic hydroxyl groups is 1. The Morgan fingerprint density at radius 1 is 1.33 bits per heavy atom. The number of aromatic amines is 1. The number of amides is 1. The molecule has 0 bridgehead atoms. The minimum absolute atomic E-state index is 0.00341. The van der Waals surface area contributed by atoms with Gasteiger partial charge in [0.1, 0.15) is 6.10 Å². The van der Waals surface area contributed by atoms with Crippen LogP contribution in [0.2, 0.25) is 0 Å². The minimum atomic E-state index is -1.80. The van der Waals surface area contributed by atoms with Crippen LogP contribution in [0.15, 0.2) is 51.0 Å². The first-order valence-electron chi connectivity index (χ1n) is 16.7. The number of hydrogen-bond acceptors (Lipinski definition) is 10. The molecule has 1 aromatic heterocycles. The van der Waals surface area contributed by atoms with Crippen LogP contribution in [-0.4, -0.2) is 82.1 Å². The number of H-pyrrole nitrogens is 1. The second-order valence-electron chi connectivity index (χ2n) is 12.0. The van der Waals surface area contributed by atoms with Gasteiger partial charge >= 0.3 is 5.69 Å². The van der Waals surface area contributed by atoms with E-state index in [1.54, 1.807) is 21.6 Å². The molecule has 268 valence electrons. The topological polar surface area (TPSA) is 135 Å². The van der Waals surface area contributed by atoms with Crippen LogP contribution in [0.4, 0.5) is 4.39 Å². The van der Waals surface area contributed by atoms with Gasteiger partial charge in [-0.3, -0.25) is 19.1 Å². The Morgan fingerprint density at radius 3 is 2.65 bits per heavy atom. The van der Waals surface area contributed by atoms with Gasteiger partial charge < -0.3 is 24.2 Å². The van der Waals surface area contributed by atoms with Crippen LogP contribution in [0.5, 0.6) is 0 Å². The number of terminal acetylenes is 1. The van der Waals surface area contributed by atoms with Crippen molar-refractivity contribution in [1.29, 1.82) is 1.43 Å². The molecular formula is C33H50FN4O7PS2. The maximum atomic E-state index is 16.0. The molecule has 3 rings (SSSR count). The Hall–Kier alpha value is -2.21. The molecule has 0 radical (unpaired) electrons. The molecule has 0 saturated carbocycles.